The maximum atomic E-state index is 13.2. The van der Waals surface area contributed by atoms with E-state index < -0.39 is 0 Å². The van der Waals surface area contributed by atoms with Crippen LogP contribution in [0, 0.1) is 0 Å². The highest BCUT2D eigenvalue weighted by molar-refractivity contribution is 5.70. The van der Waals surface area contributed by atoms with E-state index in [9.17, 15) is 9.59 Å². The summed E-state index contributed by atoms with van der Waals surface area (Å²) >= 11 is 0. The quantitative estimate of drug-likeness (QED) is 0.0460. The van der Waals surface area contributed by atoms with E-state index in [0.717, 1.165) is 64.3 Å². The van der Waals surface area contributed by atoms with Crippen LogP contribution in [0.4, 0.5) is 0 Å². The lowest BCUT2D eigenvalue weighted by molar-refractivity contribution is -0.151. The molecule has 0 aromatic carbocycles. The molecule has 52 heavy (non-hydrogen) atoms. The van der Waals surface area contributed by atoms with E-state index in [1.165, 1.54) is 128 Å². The van der Waals surface area contributed by atoms with Crippen LogP contribution < -0.4 is 0 Å². The zero-order valence-electron chi connectivity index (χ0n) is 36.0. The van der Waals surface area contributed by atoms with Crippen LogP contribution in [-0.2, 0) is 23.8 Å². The molecule has 0 N–H and O–H groups in total. The topological polar surface area (TPSA) is 65.1 Å². The lowest BCUT2D eigenvalue weighted by Gasteiger charge is -2.22. The molecule has 0 saturated carbocycles. The van der Waals surface area contributed by atoms with Crippen molar-refractivity contribution < 1.29 is 23.8 Å². The standard InChI is InChI=1S/C46H91NO5/c1-7-11-15-19-23-27-32-43(33-28-24-20-16-12-8-2)51-45(48)38-36-42(50-41-31-40-47(5)6)37-39-46(49)52-44(34-29-25-21-17-13-9-3)35-30-26-22-18-14-10-4/h42-44H,7-41H2,1-6H3. The molecular weight excluding hydrogens is 647 g/mol. The van der Waals surface area contributed by atoms with Gasteiger partial charge < -0.3 is 19.1 Å². The van der Waals surface area contributed by atoms with Gasteiger partial charge in [0.2, 0.25) is 0 Å². The van der Waals surface area contributed by atoms with Gasteiger partial charge in [0.15, 0.2) is 0 Å². The molecule has 0 aromatic heterocycles. The number of unbranched alkanes of at least 4 members (excludes halogenated alkanes) is 20. The molecule has 6 heteroatoms. The van der Waals surface area contributed by atoms with Gasteiger partial charge in [-0.2, -0.15) is 0 Å². The van der Waals surface area contributed by atoms with Gasteiger partial charge in [-0.15, -0.1) is 0 Å². The SMILES string of the molecule is CCCCCCCCC(CCCCCCCC)OC(=O)CCC(CCC(=O)OC(CCCCCCCC)CCCCCCCC)OCCCN(C)C. The largest absolute Gasteiger partial charge is 0.462 e. The van der Waals surface area contributed by atoms with Crippen LogP contribution in [-0.4, -0.2) is 62.4 Å². The number of ether oxygens (including phenoxy) is 3. The number of hydrogen-bond donors (Lipinski definition) is 0. The fourth-order valence-corrected chi connectivity index (χ4v) is 7.12. The van der Waals surface area contributed by atoms with E-state index in [4.69, 9.17) is 14.2 Å². The molecule has 0 aliphatic heterocycles. The predicted octanol–water partition coefficient (Wildman–Crippen LogP) is 13.7. The van der Waals surface area contributed by atoms with Crippen LogP contribution >= 0.6 is 0 Å². The molecule has 0 unspecified atom stereocenters. The van der Waals surface area contributed by atoms with Crippen LogP contribution in [0.1, 0.15) is 240 Å². The average molecular weight is 738 g/mol. The van der Waals surface area contributed by atoms with Gasteiger partial charge in [0.1, 0.15) is 12.2 Å². The summed E-state index contributed by atoms with van der Waals surface area (Å²) in [5.41, 5.74) is 0. The molecular formula is C46H91NO5. The highest BCUT2D eigenvalue weighted by Gasteiger charge is 2.20. The Bertz CT molecular complexity index is 673. The van der Waals surface area contributed by atoms with Crippen LogP contribution in [0.3, 0.4) is 0 Å². The van der Waals surface area contributed by atoms with Gasteiger partial charge in [-0.25, -0.2) is 0 Å². The highest BCUT2D eigenvalue weighted by Crippen LogP contribution is 2.21. The van der Waals surface area contributed by atoms with E-state index in [-0.39, 0.29) is 30.3 Å². The van der Waals surface area contributed by atoms with Crippen molar-refractivity contribution in [1.82, 2.24) is 4.90 Å². The van der Waals surface area contributed by atoms with Crippen molar-refractivity contribution in [2.24, 2.45) is 0 Å². The molecule has 0 saturated heterocycles. The highest BCUT2D eigenvalue weighted by atomic mass is 16.5. The minimum Gasteiger partial charge on any atom is -0.462 e. The Morgan fingerprint density at radius 2 is 0.712 bits per heavy atom. The van der Waals surface area contributed by atoms with Crippen molar-refractivity contribution in [2.45, 2.75) is 258 Å². The zero-order chi connectivity index (χ0) is 38.3. The summed E-state index contributed by atoms with van der Waals surface area (Å²) in [5, 5.41) is 0. The van der Waals surface area contributed by atoms with Gasteiger partial charge in [-0.3, -0.25) is 9.59 Å². The van der Waals surface area contributed by atoms with Gasteiger partial charge in [0.25, 0.3) is 0 Å². The van der Waals surface area contributed by atoms with E-state index >= 15 is 0 Å². The molecule has 0 amide bonds. The van der Waals surface area contributed by atoms with Crippen LogP contribution in [0.2, 0.25) is 0 Å². The van der Waals surface area contributed by atoms with Crippen molar-refractivity contribution in [3.8, 4) is 0 Å². The van der Waals surface area contributed by atoms with Crippen LogP contribution in [0.15, 0.2) is 0 Å². The second kappa shape index (κ2) is 39.6. The molecule has 0 aliphatic rings. The summed E-state index contributed by atoms with van der Waals surface area (Å²) in [5.74, 6) is -0.214. The minimum absolute atomic E-state index is 0.0227. The molecule has 6 nitrogen and oxygen atoms in total. The van der Waals surface area contributed by atoms with Gasteiger partial charge in [0.05, 0.1) is 6.10 Å². The number of carbonyl (C=O) groups is 2. The van der Waals surface area contributed by atoms with Gasteiger partial charge in [-0.1, -0.05) is 156 Å². The Morgan fingerprint density at radius 3 is 1.02 bits per heavy atom. The molecule has 0 atom stereocenters. The number of rotatable bonds is 41. The Labute approximate surface area is 325 Å². The molecule has 0 aromatic rings. The molecule has 0 rings (SSSR count). The maximum absolute atomic E-state index is 13.2. The summed E-state index contributed by atoms with van der Waals surface area (Å²) in [4.78, 5) is 28.6. The van der Waals surface area contributed by atoms with Crippen molar-refractivity contribution in [2.75, 3.05) is 27.2 Å². The Hall–Kier alpha value is -1.14. The zero-order valence-corrected chi connectivity index (χ0v) is 36.0. The first-order valence-electron chi connectivity index (χ1n) is 23.0. The van der Waals surface area contributed by atoms with Gasteiger partial charge >= 0.3 is 11.9 Å². The summed E-state index contributed by atoms with van der Waals surface area (Å²) < 4.78 is 18.6. The van der Waals surface area contributed by atoms with Crippen LogP contribution in [0.5, 0.6) is 0 Å². The Balaban J connectivity index is 5.10. The van der Waals surface area contributed by atoms with Gasteiger partial charge in [-0.05, 0) is 91.3 Å². The van der Waals surface area contributed by atoms with Gasteiger partial charge in [0, 0.05) is 19.4 Å². The molecule has 310 valence electrons. The first kappa shape index (κ1) is 50.9. The Kier molecular flexibility index (Phi) is 38.7. The molecule has 0 bridgehead atoms. The maximum Gasteiger partial charge on any atom is 0.306 e. The van der Waals surface area contributed by atoms with Crippen LogP contribution in [0.25, 0.3) is 0 Å². The second-order valence-electron chi connectivity index (χ2n) is 16.2. The normalized spacial score (nSPS) is 11.8. The van der Waals surface area contributed by atoms with E-state index in [0.29, 0.717) is 32.3 Å². The second-order valence-corrected chi connectivity index (χ2v) is 16.2. The van der Waals surface area contributed by atoms with Crippen molar-refractivity contribution >= 4 is 11.9 Å². The predicted molar refractivity (Wildman–Crippen MR) is 223 cm³/mol. The first-order chi connectivity index (χ1) is 25.4. The van der Waals surface area contributed by atoms with Crippen molar-refractivity contribution in [1.29, 1.82) is 0 Å². The number of esters is 2. The first-order valence-corrected chi connectivity index (χ1v) is 23.0. The molecule has 0 heterocycles. The van der Waals surface area contributed by atoms with E-state index in [2.05, 4.69) is 46.7 Å². The summed E-state index contributed by atoms with van der Waals surface area (Å²) in [6.45, 7) is 10.6. The number of hydrogen-bond acceptors (Lipinski definition) is 6. The molecule has 0 aliphatic carbocycles. The smallest absolute Gasteiger partial charge is 0.306 e. The molecule has 0 radical (unpaired) electrons. The van der Waals surface area contributed by atoms with E-state index in [1.807, 2.05) is 0 Å². The lowest BCUT2D eigenvalue weighted by Crippen LogP contribution is -2.24. The third-order valence-electron chi connectivity index (χ3n) is 10.6. The van der Waals surface area contributed by atoms with Crippen molar-refractivity contribution in [3.63, 3.8) is 0 Å². The lowest BCUT2D eigenvalue weighted by atomic mass is 10.0. The molecule has 0 spiro atoms. The number of nitrogens with zero attached hydrogens (tertiary/aromatic N) is 1. The monoisotopic (exact) mass is 738 g/mol. The third kappa shape index (κ3) is 35.9. The Morgan fingerprint density at radius 1 is 0.404 bits per heavy atom. The fraction of sp³-hybridized carbons (Fsp3) is 0.957. The third-order valence-corrected chi connectivity index (χ3v) is 10.6. The summed E-state index contributed by atoms with van der Waals surface area (Å²) in [7, 11) is 4.15. The van der Waals surface area contributed by atoms with E-state index in [1.54, 1.807) is 0 Å². The fourth-order valence-electron chi connectivity index (χ4n) is 7.12. The molecule has 0 fully saturated rings. The number of carbonyl (C=O) groups excluding carboxylic acids is 2. The summed E-state index contributed by atoms with van der Waals surface area (Å²) in [6, 6.07) is 0. The summed E-state index contributed by atoms with van der Waals surface area (Å²) in [6.07, 6.45) is 36.7. The average Bonchev–Trinajstić information content (AvgIpc) is 3.12. The minimum atomic E-state index is -0.145. The van der Waals surface area contributed by atoms with Crippen molar-refractivity contribution in [3.05, 3.63) is 0 Å².